The molecule has 0 amide bonds. The number of benzene rings is 1. The molecule has 110 valence electrons. The van der Waals surface area contributed by atoms with Crippen LogP contribution in [0.25, 0.3) is 11.4 Å². The molecular formula is C17H22N4. The van der Waals surface area contributed by atoms with Gasteiger partial charge in [0, 0.05) is 18.3 Å². The molecule has 4 nitrogen and oxygen atoms in total. The second-order valence-corrected chi connectivity index (χ2v) is 5.08. The zero-order valence-corrected chi connectivity index (χ0v) is 13.2. The third-order valence-electron chi connectivity index (χ3n) is 4.01. The average Bonchev–Trinajstić information content (AvgIpc) is 2.82. The van der Waals surface area contributed by atoms with Crippen LogP contribution in [-0.2, 0) is 7.05 Å². The first-order valence-corrected chi connectivity index (χ1v) is 7.36. The molecule has 0 aliphatic carbocycles. The highest BCUT2D eigenvalue weighted by molar-refractivity contribution is 5.57. The van der Waals surface area contributed by atoms with Crippen LogP contribution in [0.3, 0.4) is 0 Å². The van der Waals surface area contributed by atoms with E-state index < -0.39 is 0 Å². The number of hydrogen-bond donors (Lipinski definition) is 0. The van der Waals surface area contributed by atoms with E-state index in [2.05, 4.69) is 29.4 Å². The third kappa shape index (κ3) is 2.84. The lowest BCUT2D eigenvalue weighted by molar-refractivity contribution is 0.258. The molecule has 2 rings (SSSR count). The van der Waals surface area contributed by atoms with Gasteiger partial charge in [-0.2, -0.15) is 5.26 Å². The van der Waals surface area contributed by atoms with E-state index in [9.17, 15) is 5.26 Å². The zero-order valence-electron chi connectivity index (χ0n) is 13.2. The molecule has 0 fully saturated rings. The molecule has 1 aromatic heterocycles. The number of rotatable bonds is 5. The Morgan fingerprint density at radius 2 is 1.86 bits per heavy atom. The Kier molecular flexibility index (Phi) is 4.77. The Hall–Kier alpha value is -2.12. The summed E-state index contributed by atoms with van der Waals surface area (Å²) in [6.45, 7) is 7.86. The lowest BCUT2D eigenvalue weighted by Gasteiger charge is -2.23. The van der Waals surface area contributed by atoms with Crippen LogP contribution >= 0.6 is 0 Å². The van der Waals surface area contributed by atoms with Gasteiger partial charge in [0.2, 0.25) is 0 Å². The van der Waals surface area contributed by atoms with Crippen LogP contribution in [0.4, 0.5) is 0 Å². The van der Waals surface area contributed by atoms with Crippen LogP contribution < -0.4 is 0 Å². The highest BCUT2D eigenvalue weighted by atomic mass is 15.2. The molecule has 1 atom stereocenters. The summed E-state index contributed by atoms with van der Waals surface area (Å²) in [6, 6.07) is 12.2. The van der Waals surface area contributed by atoms with Gasteiger partial charge >= 0.3 is 0 Å². The molecule has 1 unspecified atom stereocenters. The summed E-state index contributed by atoms with van der Waals surface area (Å²) in [5, 5.41) is 9.57. The van der Waals surface area contributed by atoms with E-state index in [1.54, 1.807) is 0 Å². The predicted molar refractivity (Wildman–Crippen MR) is 84.7 cm³/mol. The lowest BCUT2D eigenvalue weighted by Crippen LogP contribution is -2.28. The molecule has 0 bridgehead atoms. The fourth-order valence-electron chi connectivity index (χ4n) is 2.61. The summed E-state index contributed by atoms with van der Waals surface area (Å²) >= 11 is 0. The van der Waals surface area contributed by atoms with Crippen molar-refractivity contribution in [3.8, 4) is 17.5 Å². The Morgan fingerprint density at radius 3 is 2.38 bits per heavy atom. The van der Waals surface area contributed by atoms with Gasteiger partial charge < -0.3 is 4.57 Å². The van der Waals surface area contributed by atoms with Crippen molar-refractivity contribution in [2.45, 2.75) is 26.8 Å². The molecule has 0 saturated carbocycles. The highest BCUT2D eigenvalue weighted by Gasteiger charge is 2.24. The maximum Gasteiger partial charge on any atom is 0.142 e. The van der Waals surface area contributed by atoms with Crippen molar-refractivity contribution in [1.29, 1.82) is 5.26 Å². The van der Waals surface area contributed by atoms with Gasteiger partial charge in [-0.15, -0.1) is 0 Å². The summed E-state index contributed by atoms with van der Waals surface area (Å²) in [7, 11) is 2.00. The van der Waals surface area contributed by atoms with Crippen LogP contribution in [0.5, 0.6) is 0 Å². The molecule has 1 aromatic carbocycles. The van der Waals surface area contributed by atoms with Crippen molar-refractivity contribution in [3.05, 3.63) is 41.7 Å². The van der Waals surface area contributed by atoms with Crippen LogP contribution in [0.15, 0.2) is 30.3 Å². The van der Waals surface area contributed by atoms with E-state index in [1.165, 1.54) is 0 Å². The SMILES string of the molecule is CCN(CC)C(C#N)c1nc(-c2ccccc2)n(C)c1C. The highest BCUT2D eigenvalue weighted by Crippen LogP contribution is 2.27. The van der Waals surface area contributed by atoms with Crippen molar-refractivity contribution >= 4 is 0 Å². The van der Waals surface area contributed by atoms with Gasteiger partial charge in [-0.05, 0) is 20.0 Å². The Morgan fingerprint density at radius 1 is 1.24 bits per heavy atom. The van der Waals surface area contributed by atoms with Gasteiger partial charge in [-0.25, -0.2) is 4.98 Å². The Bertz CT molecular complexity index is 633. The fourth-order valence-corrected chi connectivity index (χ4v) is 2.61. The Balaban J connectivity index is 2.50. The molecule has 21 heavy (non-hydrogen) atoms. The Labute approximate surface area is 126 Å². The quantitative estimate of drug-likeness (QED) is 0.845. The predicted octanol–water partition coefficient (Wildman–Crippen LogP) is 3.30. The van der Waals surface area contributed by atoms with Gasteiger partial charge in [0.25, 0.3) is 0 Å². The van der Waals surface area contributed by atoms with E-state index in [0.717, 1.165) is 35.9 Å². The van der Waals surface area contributed by atoms with Gasteiger partial charge in [-0.1, -0.05) is 44.2 Å². The van der Waals surface area contributed by atoms with E-state index in [0.29, 0.717) is 0 Å². The second-order valence-electron chi connectivity index (χ2n) is 5.08. The van der Waals surface area contributed by atoms with Gasteiger partial charge in [0.05, 0.1) is 11.8 Å². The molecule has 4 heteroatoms. The van der Waals surface area contributed by atoms with Crippen molar-refractivity contribution in [2.75, 3.05) is 13.1 Å². The zero-order chi connectivity index (χ0) is 15.4. The third-order valence-corrected chi connectivity index (χ3v) is 4.01. The van der Waals surface area contributed by atoms with Crippen LogP contribution in [-0.4, -0.2) is 27.5 Å². The monoisotopic (exact) mass is 282 g/mol. The van der Waals surface area contributed by atoms with Crippen LogP contribution in [0.1, 0.15) is 31.3 Å². The molecule has 0 spiro atoms. The number of nitriles is 1. The molecule has 0 aliphatic rings. The minimum atomic E-state index is -0.288. The topological polar surface area (TPSA) is 44.9 Å². The van der Waals surface area contributed by atoms with E-state index in [1.807, 2.05) is 44.3 Å². The molecule has 2 aromatic rings. The lowest BCUT2D eigenvalue weighted by atomic mass is 10.1. The van der Waals surface area contributed by atoms with E-state index in [4.69, 9.17) is 4.98 Å². The molecule has 0 N–H and O–H groups in total. The van der Waals surface area contributed by atoms with E-state index >= 15 is 0 Å². The summed E-state index contributed by atoms with van der Waals surface area (Å²) in [6.07, 6.45) is 0. The van der Waals surface area contributed by atoms with Crippen molar-refractivity contribution in [3.63, 3.8) is 0 Å². The second kappa shape index (κ2) is 6.55. The van der Waals surface area contributed by atoms with Crippen molar-refractivity contribution < 1.29 is 0 Å². The van der Waals surface area contributed by atoms with Crippen molar-refractivity contribution in [2.24, 2.45) is 7.05 Å². The summed E-state index contributed by atoms with van der Waals surface area (Å²) in [5.41, 5.74) is 2.99. The summed E-state index contributed by atoms with van der Waals surface area (Å²) in [4.78, 5) is 6.90. The number of imidazole rings is 1. The molecule has 0 radical (unpaired) electrons. The average molecular weight is 282 g/mol. The maximum atomic E-state index is 9.57. The minimum absolute atomic E-state index is 0.288. The standard InChI is InChI=1S/C17H22N4/c1-5-21(6-2)15(12-18)16-13(3)20(4)17(19-16)14-10-8-7-9-11-14/h7-11,15H,5-6H2,1-4H3. The fraction of sp³-hybridized carbons (Fsp3) is 0.412. The normalized spacial score (nSPS) is 12.4. The van der Waals surface area contributed by atoms with Crippen molar-refractivity contribution in [1.82, 2.24) is 14.5 Å². The van der Waals surface area contributed by atoms with Crippen LogP contribution in [0.2, 0.25) is 0 Å². The molecule has 1 heterocycles. The maximum absolute atomic E-state index is 9.57. The summed E-state index contributed by atoms with van der Waals surface area (Å²) < 4.78 is 2.07. The van der Waals surface area contributed by atoms with Gasteiger partial charge in [0.15, 0.2) is 0 Å². The van der Waals surface area contributed by atoms with Gasteiger partial charge in [-0.3, -0.25) is 4.90 Å². The first-order valence-electron chi connectivity index (χ1n) is 7.36. The molecule has 0 saturated heterocycles. The first-order chi connectivity index (χ1) is 10.1. The number of nitrogens with zero attached hydrogens (tertiary/aromatic N) is 4. The number of aromatic nitrogens is 2. The first kappa shape index (κ1) is 15.3. The number of hydrogen-bond acceptors (Lipinski definition) is 3. The minimum Gasteiger partial charge on any atom is -0.331 e. The molecule has 0 aliphatic heterocycles. The van der Waals surface area contributed by atoms with Crippen LogP contribution in [0, 0.1) is 18.3 Å². The smallest absolute Gasteiger partial charge is 0.142 e. The molecular weight excluding hydrogens is 260 g/mol. The largest absolute Gasteiger partial charge is 0.331 e. The van der Waals surface area contributed by atoms with E-state index in [-0.39, 0.29) is 6.04 Å². The summed E-state index contributed by atoms with van der Waals surface area (Å²) in [5.74, 6) is 0.913. The van der Waals surface area contributed by atoms with Gasteiger partial charge in [0.1, 0.15) is 11.9 Å².